The number of rotatable bonds is 1. The molecule has 0 fully saturated rings. The molecule has 0 unspecified atom stereocenters. The lowest BCUT2D eigenvalue weighted by atomic mass is 10.3. The summed E-state index contributed by atoms with van der Waals surface area (Å²) in [5, 5.41) is 0. The monoisotopic (exact) mass is 160 g/mol. The minimum Gasteiger partial charge on any atom is -0.427 e. The number of carbonyl (C=O) groups is 1. The van der Waals surface area contributed by atoms with Gasteiger partial charge in [-0.1, -0.05) is 18.2 Å². The lowest BCUT2D eigenvalue weighted by Crippen LogP contribution is -2.00. The normalized spacial score (nSPS) is 8.09. The van der Waals surface area contributed by atoms with Gasteiger partial charge in [-0.15, -0.1) is 0 Å². The summed E-state index contributed by atoms with van der Waals surface area (Å²) < 4.78 is 4.78. The molecule has 0 N–H and O–H groups in total. The van der Waals surface area contributed by atoms with Crippen LogP contribution < -0.4 is 4.74 Å². The maximum absolute atomic E-state index is 10.4. The van der Waals surface area contributed by atoms with E-state index in [1.807, 2.05) is 18.2 Å². The molecule has 2 nitrogen and oxygen atoms in total. The van der Waals surface area contributed by atoms with Crippen LogP contribution >= 0.6 is 0 Å². The van der Waals surface area contributed by atoms with Gasteiger partial charge in [-0.2, -0.15) is 0 Å². The van der Waals surface area contributed by atoms with Gasteiger partial charge in [-0.3, -0.25) is 4.79 Å². The van der Waals surface area contributed by atoms with Crippen LogP contribution in [0, 0.1) is 0 Å². The average Bonchev–Trinajstić information content (AvgIpc) is 1.88. The number of carbonyl (C=O) groups excluding carboxylic acids is 1. The van der Waals surface area contributed by atoms with E-state index in [1.165, 1.54) is 6.92 Å². The van der Waals surface area contributed by atoms with Crippen LogP contribution in [0.1, 0.15) is 6.92 Å². The Bertz CT molecular complexity index is 221. The Hall–Kier alpha value is -0.544. The standard InChI is InChI=1S/C8H8O2.Mg/c1-7(9)10-8-5-3-2-4-6-8;/h2-6H,1H3;. The predicted octanol–water partition coefficient (Wildman–Crippen LogP) is 1.23. The summed E-state index contributed by atoms with van der Waals surface area (Å²) in [4.78, 5) is 10.4. The van der Waals surface area contributed by atoms with E-state index in [4.69, 9.17) is 4.74 Å². The molecular formula is C8H8MgO2. The van der Waals surface area contributed by atoms with Gasteiger partial charge in [0, 0.05) is 30.0 Å². The Morgan fingerprint density at radius 1 is 1.27 bits per heavy atom. The van der Waals surface area contributed by atoms with Crippen molar-refractivity contribution in [1.29, 1.82) is 0 Å². The minimum atomic E-state index is -0.286. The van der Waals surface area contributed by atoms with Crippen LogP contribution in [0.15, 0.2) is 30.3 Å². The first-order chi connectivity index (χ1) is 4.79. The van der Waals surface area contributed by atoms with Gasteiger partial charge in [0.1, 0.15) is 5.75 Å². The van der Waals surface area contributed by atoms with Crippen LogP contribution in [-0.2, 0) is 4.79 Å². The topological polar surface area (TPSA) is 26.3 Å². The summed E-state index contributed by atoms with van der Waals surface area (Å²) in [5.41, 5.74) is 0. The molecule has 0 atom stereocenters. The average molecular weight is 160 g/mol. The molecule has 3 heteroatoms. The van der Waals surface area contributed by atoms with E-state index >= 15 is 0 Å². The molecule has 0 heterocycles. The van der Waals surface area contributed by atoms with Crippen LogP contribution in [0.2, 0.25) is 0 Å². The van der Waals surface area contributed by atoms with Gasteiger partial charge >= 0.3 is 5.97 Å². The second-order valence-electron chi connectivity index (χ2n) is 1.91. The number of hydrogen-bond donors (Lipinski definition) is 0. The van der Waals surface area contributed by atoms with Crippen LogP contribution in [0.3, 0.4) is 0 Å². The number of hydrogen-bond acceptors (Lipinski definition) is 2. The molecule has 0 saturated carbocycles. The van der Waals surface area contributed by atoms with E-state index in [0.29, 0.717) is 5.75 Å². The first-order valence-corrected chi connectivity index (χ1v) is 3.02. The van der Waals surface area contributed by atoms with E-state index in [2.05, 4.69) is 0 Å². The maximum atomic E-state index is 10.4. The fraction of sp³-hybridized carbons (Fsp3) is 0.125. The van der Waals surface area contributed by atoms with Crippen molar-refractivity contribution in [1.82, 2.24) is 0 Å². The quantitative estimate of drug-likeness (QED) is 0.351. The first-order valence-electron chi connectivity index (χ1n) is 3.02. The van der Waals surface area contributed by atoms with E-state index in [1.54, 1.807) is 12.1 Å². The fourth-order valence-electron chi connectivity index (χ4n) is 0.655. The van der Waals surface area contributed by atoms with E-state index in [-0.39, 0.29) is 29.0 Å². The number of benzene rings is 1. The zero-order chi connectivity index (χ0) is 7.40. The second-order valence-corrected chi connectivity index (χ2v) is 1.91. The third kappa shape index (κ3) is 4.01. The summed E-state index contributed by atoms with van der Waals surface area (Å²) in [7, 11) is 0. The van der Waals surface area contributed by atoms with Gasteiger partial charge in [0.2, 0.25) is 0 Å². The van der Waals surface area contributed by atoms with Crippen LogP contribution in [0.4, 0.5) is 0 Å². The molecule has 1 rings (SSSR count). The van der Waals surface area contributed by atoms with E-state index in [0.717, 1.165) is 0 Å². The van der Waals surface area contributed by atoms with E-state index in [9.17, 15) is 4.79 Å². The predicted molar refractivity (Wildman–Crippen MR) is 43.5 cm³/mol. The SMILES string of the molecule is CC(=O)Oc1ccccc1.[Mg]. The molecule has 0 bridgehead atoms. The van der Waals surface area contributed by atoms with Gasteiger partial charge < -0.3 is 4.74 Å². The van der Waals surface area contributed by atoms with Crippen molar-refractivity contribution in [3.63, 3.8) is 0 Å². The molecule has 1 aromatic rings. The van der Waals surface area contributed by atoms with Gasteiger partial charge in [0.25, 0.3) is 0 Å². The molecule has 0 aliphatic heterocycles. The van der Waals surface area contributed by atoms with Gasteiger partial charge in [-0.05, 0) is 12.1 Å². The highest BCUT2D eigenvalue weighted by Gasteiger charge is 1.92. The molecule has 1 aromatic carbocycles. The smallest absolute Gasteiger partial charge is 0.308 e. The van der Waals surface area contributed by atoms with E-state index < -0.39 is 0 Å². The first kappa shape index (κ1) is 10.5. The zero-order valence-electron chi connectivity index (χ0n) is 6.41. The van der Waals surface area contributed by atoms with Crippen molar-refractivity contribution in [3.05, 3.63) is 30.3 Å². The highest BCUT2D eigenvalue weighted by Crippen LogP contribution is 2.07. The summed E-state index contributed by atoms with van der Waals surface area (Å²) in [5.74, 6) is 0.307. The van der Waals surface area contributed by atoms with Gasteiger partial charge in [0.05, 0.1) is 0 Å². The van der Waals surface area contributed by atoms with Crippen molar-refractivity contribution in [2.24, 2.45) is 0 Å². The molecule has 2 radical (unpaired) electrons. The molecule has 0 amide bonds. The molecule has 0 aliphatic rings. The Kier molecular flexibility index (Phi) is 4.90. The number of para-hydroxylation sites is 1. The van der Waals surface area contributed by atoms with Crippen LogP contribution in [0.5, 0.6) is 5.75 Å². The van der Waals surface area contributed by atoms with Gasteiger partial charge in [-0.25, -0.2) is 0 Å². The number of ether oxygens (including phenoxy) is 1. The van der Waals surface area contributed by atoms with Crippen LogP contribution in [-0.4, -0.2) is 29.0 Å². The minimum absolute atomic E-state index is 0. The molecule has 0 spiro atoms. The van der Waals surface area contributed by atoms with Gasteiger partial charge in [0.15, 0.2) is 0 Å². The molecule has 0 saturated heterocycles. The van der Waals surface area contributed by atoms with Crippen LogP contribution in [0.25, 0.3) is 0 Å². The lowest BCUT2D eigenvalue weighted by Gasteiger charge is -1.97. The Morgan fingerprint density at radius 3 is 2.27 bits per heavy atom. The third-order valence-electron chi connectivity index (χ3n) is 1.00. The van der Waals surface area contributed by atoms with Crippen molar-refractivity contribution >= 4 is 29.0 Å². The molecular weight excluding hydrogens is 152 g/mol. The molecule has 11 heavy (non-hydrogen) atoms. The Morgan fingerprint density at radius 2 is 1.82 bits per heavy atom. The summed E-state index contributed by atoms with van der Waals surface area (Å²) in [6.45, 7) is 1.38. The third-order valence-corrected chi connectivity index (χ3v) is 1.00. The second kappa shape index (κ2) is 5.15. The Balaban J connectivity index is 0.000001000. The van der Waals surface area contributed by atoms with Crippen molar-refractivity contribution in [2.75, 3.05) is 0 Å². The maximum Gasteiger partial charge on any atom is 0.308 e. The van der Waals surface area contributed by atoms with Crippen molar-refractivity contribution in [3.8, 4) is 5.75 Å². The zero-order valence-corrected chi connectivity index (χ0v) is 7.82. The molecule has 54 valence electrons. The molecule has 0 aromatic heterocycles. The highest BCUT2D eigenvalue weighted by atomic mass is 24.3. The largest absolute Gasteiger partial charge is 0.427 e. The fourth-order valence-corrected chi connectivity index (χ4v) is 0.655. The number of esters is 1. The summed E-state index contributed by atoms with van der Waals surface area (Å²) in [6.07, 6.45) is 0. The lowest BCUT2D eigenvalue weighted by molar-refractivity contribution is -0.131. The highest BCUT2D eigenvalue weighted by molar-refractivity contribution is 5.75. The van der Waals surface area contributed by atoms with Crippen molar-refractivity contribution in [2.45, 2.75) is 6.92 Å². The summed E-state index contributed by atoms with van der Waals surface area (Å²) in [6, 6.07) is 8.98. The van der Waals surface area contributed by atoms with Crippen molar-refractivity contribution < 1.29 is 9.53 Å². The summed E-state index contributed by atoms with van der Waals surface area (Å²) >= 11 is 0. The Labute approximate surface area is 81.7 Å². The molecule has 0 aliphatic carbocycles.